The van der Waals surface area contributed by atoms with Gasteiger partial charge in [-0.1, -0.05) is 18.2 Å². The zero-order valence-electron chi connectivity index (χ0n) is 19.2. The number of carbonyl (C=O) groups is 1. The summed E-state index contributed by atoms with van der Waals surface area (Å²) in [5, 5.41) is 2.28. The highest BCUT2D eigenvalue weighted by Gasteiger charge is 2.37. The first kappa shape index (κ1) is 25.2. The van der Waals surface area contributed by atoms with Crippen LogP contribution in [0, 0.1) is 5.92 Å². The van der Waals surface area contributed by atoms with Crippen LogP contribution >= 0.6 is 0 Å². The standard InChI is InChI=1S/C24H27F2N3O5S/c1-33-8-9-34-23-14-27-22(13-28-23)29-24(30)19(10-15-11-20(25)21(26)12-15)16-2-4-17(5-3-16)35(31,32)18-6-7-18/h2-5,10,13-15,18,20-21H,6-9,11-12H2,1H3,(H,27,29,30)/b19-10+/t15?,20-,21+. The number of benzene rings is 1. The number of rotatable bonds is 10. The summed E-state index contributed by atoms with van der Waals surface area (Å²) in [5.74, 6) is -0.607. The fraction of sp³-hybridized carbons (Fsp3) is 0.458. The zero-order chi connectivity index (χ0) is 25.0. The van der Waals surface area contributed by atoms with Gasteiger partial charge in [0, 0.05) is 12.7 Å². The average Bonchev–Trinajstić information content (AvgIpc) is 3.65. The van der Waals surface area contributed by atoms with Crippen molar-refractivity contribution in [1.29, 1.82) is 0 Å². The lowest BCUT2D eigenvalue weighted by molar-refractivity contribution is -0.111. The Balaban J connectivity index is 1.54. The van der Waals surface area contributed by atoms with E-state index in [4.69, 9.17) is 9.47 Å². The van der Waals surface area contributed by atoms with E-state index in [1.807, 2.05) is 0 Å². The maximum atomic E-state index is 13.8. The van der Waals surface area contributed by atoms with Gasteiger partial charge in [0.1, 0.15) is 19.0 Å². The predicted molar refractivity (Wildman–Crippen MR) is 125 cm³/mol. The van der Waals surface area contributed by atoms with E-state index in [-0.39, 0.29) is 40.3 Å². The number of anilines is 1. The second-order valence-corrected chi connectivity index (χ2v) is 10.9. The molecular formula is C24H27F2N3O5S. The van der Waals surface area contributed by atoms with Crippen LogP contribution in [0.25, 0.3) is 5.57 Å². The topological polar surface area (TPSA) is 107 Å². The monoisotopic (exact) mass is 507 g/mol. The third-order valence-electron chi connectivity index (χ3n) is 5.96. The van der Waals surface area contributed by atoms with Gasteiger partial charge in [0.2, 0.25) is 5.88 Å². The van der Waals surface area contributed by atoms with Crippen LogP contribution in [-0.4, -0.2) is 62.2 Å². The smallest absolute Gasteiger partial charge is 0.257 e. The van der Waals surface area contributed by atoms with E-state index in [9.17, 15) is 22.0 Å². The number of methoxy groups -OCH3 is 1. The van der Waals surface area contributed by atoms with Gasteiger partial charge in [-0.25, -0.2) is 27.2 Å². The highest BCUT2D eigenvalue weighted by molar-refractivity contribution is 7.92. The van der Waals surface area contributed by atoms with E-state index in [1.165, 1.54) is 36.7 Å². The minimum absolute atomic E-state index is 0.0284. The van der Waals surface area contributed by atoms with Gasteiger partial charge in [0.15, 0.2) is 15.7 Å². The predicted octanol–water partition coefficient (Wildman–Crippen LogP) is 3.55. The van der Waals surface area contributed by atoms with Crippen molar-refractivity contribution in [1.82, 2.24) is 9.97 Å². The molecule has 2 fully saturated rings. The van der Waals surface area contributed by atoms with Gasteiger partial charge in [-0.05, 0) is 49.3 Å². The zero-order valence-corrected chi connectivity index (χ0v) is 20.0. The highest BCUT2D eigenvalue weighted by atomic mass is 32.2. The molecular weight excluding hydrogens is 480 g/mol. The number of ether oxygens (including phenoxy) is 2. The van der Waals surface area contributed by atoms with E-state index in [0.717, 1.165) is 0 Å². The Bertz CT molecular complexity index is 1160. The maximum absolute atomic E-state index is 13.8. The van der Waals surface area contributed by atoms with Crippen LogP contribution in [-0.2, 0) is 19.4 Å². The molecule has 1 amide bonds. The Morgan fingerprint density at radius 1 is 1.09 bits per heavy atom. The first-order chi connectivity index (χ1) is 16.8. The fourth-order valence-electron chi connectivity index (χ4n) is 3.91. The van der Waals surface area contributed by atoms with E-state index >= 15 is 0 Å². The summed E-state index contributed by atoms with van der Waals surface area (Å²) < 4.78 is 62.8. The molecule has 2 aliphatic carbocycles. The quantitative estimate of drug-likeness (QED) is 0.387. The van der Waals surface area contributed by atoms with Gasteiger partial charge < -0.3 is 14.8 Å². The van der Waals surface area contributed by atoms with Crippen molar-refractivity contribution in [2.45, 2.75) is 48.2 Å². The molecule has 2 saturated carbocycles. The summed E-state index contributed by atoms with van der Waals surface area (Å²) in [4.78, 5) is 21.5. The average molecular weight is 508 g/mol. The van der Waals surface area contributed by atoms with Crippen LogP contribution in [0.4, 0.5) is 14.6 Å². The van der Waals surface area contributed by atoms with Gasteiger partial charge >= 0.3 is 0 Å². The van der Waals surface area contributed by atoms with Crippen LogP contribution in [0.3, 0.4) is 0 Å². The molecule has 1 aromatic heterocycles. The highest BCUT2D eigenvalue weighted by Crippen LogP contribution is 2.36. The minimum Gasteiger partial charge on any atom is -0.474 e. The molecule has 3 atom stereocenters. The molecule has 1 aromatic carbocycles. The molecule has 0 bridgehead atoms. The number of amides is 1. The molecule has 0 radical (unpaired) electrons. The van der Waals surface area contributed by atoms with Crippen LogP contribution in [0.5, 0.6) is 5.88 Å². The number of carbonyl (C=O) groups excluding carboxylic acids is 1. The Hall–Kier alpha value is -2.92. The summed E-state index contributed by atoms with van der Waals surface area (Å²) in [6.45, 7) is 0.679. The Kier molecular flexibility index (Phi) is 7.75. The number of sulfone groups is 1. The van der Waals surface area contributed by atoms with Crippen molar-refractivity contribution in [3.63, 3.8) is 0 Å². The van der Waals surface area contributed by atoms with Crippen molar-refractivity contribution < 1.29 is 31.5 Å². The lowest BCUT2D eigenvalue weighted by Gasteiger charge is -2.13. The molecule has 0 saturated heterocycles. The van der Waals surface area contributed by atoms with Gasteiger partial charge in [-0.15, -0.1) is 0 Å². The molecule has 2 aromatic rings. The third kappa shape index (κ3) is 6.21. The van der Waals surface area contributed by atoms with Crippen LogP contribution < -0.4 is 10.1 Å². The van der Waals surface area contributed by atoms with Crippen LogP contribution in [0.1, 0.15) is 31.2 Å². The van der Waals surface area contributed by atoms with Gasteiger partial charge in [-0.3, -0.25) is 4.79 Å². The first-order valence-electron chi connectivity index (χ1n) is 11.4. The fourth-order valence-corrected chi connectivity index (χ4v) is 5.57. The van der Waals surface area contributed by atoms with Crippen molar-refractivity contribution in [3.05, 3.63) is 48.3 Å². The van der Waals surface area contributed by atoms with E-state index < -0.39 is 34.0 Å². The number of alkyl halides is 2. The summed E-state index contributed by atoms with van der Waals surface area (Å²) in [5.41, 5.74) is 0.608. The van der Waals surface area contributed by atoms with Gasteiger partial charge in [0.05, 0.1) is 29.1 Å². The second kappa shape index (κ2) is 10.8. The molecule has 0 aliphatic heterocycles. The molecule has 1 heterocycles. The first-order valence-corrected chi connectivity index (χ1v) is 12.9. The molecule has 11 heteroatoms. The Morgan fingerprint density at radius 3 is 2.34 bits per heavy atom. The molecule has 1 N–H and O–H groups in total. The summed E-state index contributed by atoms with van der Waals surface area (Å²) >= 11 is 0. The SMILES string of the molecule is COCCOc1cnc(NC(=O)/C(=C/C2C[C@@H](F)[C@@H](F)C2)c2ccc(S(=O)(=O)C3CC3)cc2)cn1. The second-order valence-electron chi connectivity index (χ2n) is 8.65. The third-order valence-corrected chi connectivity index (χ3v) is 8.24. The van der Waals surface area contributed by atoms with Crippen molar-refractivity contribution in [2.24, 2.45) is 5.92 Å². The minimum atomic E-state index is -3.38. The summed E-state index contributed by atoms with van der Waals surface area (Å²) in [7, 11) is -1.84. The number of halogens is 2. The molecule has 4 rings (SSSR count). The van der Waals surface area contributed by atoms with Crippen LogP contribution in [0.15, 0.2) is 47.6 Å². The van der Waals surface area contributed by atoms with Gasteiger partial charge in [-0.2, -0.15) is 0 Å². The Labute approximate surface area is 202 Å². The van der Waals surface area contributed by atoms with Crippen molar-refractivity contribution in [2.75, 3.05) is 25.6 Å². The normalized spacial score (nSPS) is 22.7. The number of hydrogen-bond acceptors (Lipinski definition) is 7. The van der Waals surface area contributed by atoms with E-state index in [0.29, 0.717) is 31.6 Å². The molecule has 188 valence electrons. The van der Waals surface area contributed by atoms with Crippen LogP contribution in [0.2, 0.25) is 0 Å². The number of nitrogens with zero attached hydrogens (tertiary/aromatic N) is 2. The number of allylic oxidation sites excluding steroid dienone is 1. The van der Waals surface area contributed by atoms with E-state index in [2.05, 4.69) is 15.3 Å². The van der Waals surface area contributed by atoms with Crippen molar-refractivity contribution >= 4 is 27.1 Å². The molecule has 8 nitrogen and oxygen atoms in total. The summed E-state index contributed by atoms with van der Waals surface area (Å²) in [6.07, 6.45) is 2.29. The number of aromatic nitrogens is 2. The lowest BCUT2D eigenvalue weighted by Crippen LogP contribution is -2.16. The number of hydrogen-bond donors (Lipinski definition) is 1. The largest absolute Gasteiger partial charge is 0.474 e. The lowest BCUT2D eigenvalue weighted by atomic mass is 9.98. The molecule has 0 spiro atoms. The summed E-state index contributed by atoms with van der Waals surface area (Å²) in [6, 6.07) is 5.99. The maximum Gasteiger partial charge on any atom is 0.257 e. The number of nitrogens with one attached hydrogen (secondary N) is 1. The molecule has 35 heavy (non-hydrogen) atoms. The molecule has 2 aliphatic rings. The Morgan fingerprint density at radius 2 is 1.77 bits per heavy atom. The van der Waals surface area contributed by atoms with Crippen molar-refractivity contribution in [3.8, 4) is 5.88 Å². The van der Waals surface area contributed by atoms with E-state index in [1.54, 1.807) is 13.2 Å². The molecule has 1 unspecified atom stereocenters. The van der Waals surface area contributed by atoms with Gasteiger partial charge in [0.25, 0.3) is 5.91 Å².